The number of ether oxygens (including phenoxy) is 1. The molecule has 0 saturated carbocycles. The maximum atomic E-state index is 5.79. The number of thiazole rings is 1. The van der Waals surface area contributed by atoms with Gasteiger partial charge in [0.2, 0.25) is 0 Å². The number of nitrogens with one attached hydrogen (secondary N) is 1. The smallest absolute Gasteiger partial charge is 0.122 e. The quantitative estimate of drug-likeness (QED) is 0.890. The molecule has 1 saturated heterocycles. The monoisotopic (exact) mass is 296 g/mol. The molecule has 1 fully saturated rings. The van der Waals surface area contributed by atoms with Gasteiger partial charge in [-0.3, -0.25) is 0 Å². The lowest BCUT2D eigenvalue weighted by molar-refractivity contribution is 0.111. The number of aromatic nitrogens is 1. The standard InChI is InChI=1S/C16H28N2OS/c1-11(2)9-17-10-13-14(16(3,4)5)18-15(20-13)12-7-6-8-19-12/h11-12,17H,6-10H2,1-5H3. The van der Waals surface area contributed by atoms with Gasteiger partial charge in [-0.15, -0.1) is 11.3 Å². The van der Waals surface area contributed by atoms with Crippen molar-refractivity contribution in [3.05, 3.63) is 15.6 Å². The molecule has 1 atom stereocenters. The fourth-order valence-electron chi connectivity index (χ4n) is 2.46. The Morgan fingerprint density at radius 3 is 2.70 bits per heavy atom. The SMILES string of the molecule is CC(C)CNCc1sc(C2CCCO2)nc1C(C)(C)C. The molecule has 2 heterocycles. The van der Waals surface area contributed by atoms with Crippen LogP contribution in [0.4, 0.5) is 0 Å². The Morgan fingerprint density at radius 1 is 1.40 bits per heavy atom. The molecular weight excluding hydrogens is 268 g/mol. The largest absolute Gasteiger partial charge is 0.371 e. The minimum absolute atomic E-state index is 0.0994. The fraction of sp³-hybridized carbons (Fsp3) is 0.812. The minimum atomic E-state index is 0.0994. The summed E-state index contributed by atoms with van der Waals surface area (Å²) >= 11 is 1.84. The Kier molecular flexibility index (Phi) is 5.21. The lowest BCUT2D eigenvalue weighted by Crippen LogP contribution is -2.21. The van der Waals surface area contributed by atoms with Crippen LogP contribution in [0.15, 0.2) is 0 Å². The maximum Gasteiger partial charge on any atom is 0.122 e. The summed E-state index contributed by atoms with van der Waals surface area (Å²) in [6, 6.07) is 0. The average Bonchev–Trinajstić information content (AvgIpc) is 2.94. The molecule has 20 heavy (non-hydrogen) atoms. The van der Waals surface area contributed by atoms with E-state index in [-0.39, 0.29) is 11.5 Å². The van der Waals surface area contributed by atoms with Crippen LogP contribution in [0.3, 0.4) is 0 Å². The first-order chi connectivity index (χ1) is 9.38. The predicted molar refractivity (Wildman–Crippen MR) is 85.3 cm³/mol. The lowest BCUT2D eigenvalue weighted by atomic mass is 9.91. The van der Waals surface area contributed by atoms with Crippen molar-refractivity contribution in [1.82, 2.24) is 10.3 Å². The van der Waals surface area contributed by atoms with Crippen LogP contribution in [-0.2, 0) is 16.7 Å². The Bertz CT molecular complexity index is 428. The molecule has 1 aliphatic heterocycles. The Labute approximate surface area is 127 Å². The van der Waals surface area contributed by atoms with Gasteiger partial charge < -0.3 is 10.1 Å². The molecule has 2 rings (SSSR count). The van der Waals surface area contributed by atoms with Gasteiger partial charge in [-0.25, -0.2) is 4.98 Å². The van der Waals surface area contributed by atoms with Crippen molar-refractivity contribution in [2.45, 2.75) is 65.5 Å². The molecule has 0 aliphatic carbocycles. The third-order valence-electron chi connectivity index (χ3n) is 3.47. The highest BCUT2D eigenvalue weighted by molar-refractivity contribution is 7.11. The van der Waals surface area contributed by atoms with E-state index in [0.29, 0.717) is 5.92 Å². The molecule has 0 radical (unpaired) electrons. The first-order valence-electron chi connectivity index (χ1n) is 7.70. The van der Waals surface area contributed by atoms with Crippen molar-refractivity contribution in [2.75, 3.05) is 13.2 Å². The molecule has 0 spiro atoms. The van der Waals surface area contributed by atoms with Crippen LogP contribution in [0.25, 0.3) is 0 Å². The van der Waals surface area contributed by atoms with Crippen LogP contribution in [0.1, 0.15) is 69.1 Å². The Balaban J connectivity index is 2.14. The van der Waals surface area contributed by atoms with Gasteiger partial charge >= 0.3 is 0 Å². The summed E-state index contributed by atoms with van der Waals surface area (Å²) in [5, 5.41) is 4.72. The number of nitrogens with zero attached hydrogens (tertiary/aromatic N) is 1. The van der Waals surface area contributed by atoms with Crippen LogP contribution in [0.5, 0.6) is 0 Å². The van der Waals surface area contributed by atoms with Crippen molar-refractivity contribution in [3.8, 4) is 0 Å². The molecule has 0 amide bonds. The van der Waals surface area contributed by atoms with E-state index >= 15 is 0 Å². The van der Waals surface area contributed by atoms with Crippen LogP contribution in [0, 0.1) is 5.92 Å². The van der Waals surface area contributed by atoms with Crippen LogP contribution in [0.2, 0.25) is 0 Å². The minimum Gasteiger partial charge on any atom is -0.371 e. The summed E-state index contributed by atoms with van der Waals surface area (Å²) in [5.74, 6) is 0.679. The summed E-state index contributed by atoms with van der Waals surface area (Å²) in [6.07, 6.45) is 2.52. The third kappa shape index (κ3) is 4.03. The molecule has 1 aromatic rings. The van der Waals surface area contributed by atoms with Gasteiger partial charge in [-0.1, -0.05) is 34.6 Å². The summed E-state index contributed by atoms with van der Waals surface area (Å²) < 4.78 is 5.79. The molecule has 1 aromatic heterocycles. The summed E-state index contributed by atoms with van der Waals surface area (Å²) in [7, 11) is 0. The van der Waals surface area contributed by atoms with Gasteiger partial charge in [0, 0.05) is 23.4 Å². The van der Waals surface area contributed by atoms with Crippen LogP contribution in [-0.4, -0.2) is 18.1 Å². The van der Waals surface area contributed by atoms with Crippen LogP contribution >= 0.6 is 11.3 Å². The zero-order valence-corrected chi connectivity index (χ0v) is 14.3. The molecule has 114 valence electrons. The predicted octanol–water partition coefficient (Wildman–Crippen LogP) is 4.04. The first kappa shape index (κ1) is 15.9. The third-order valence-corrected chi connectivity index (χ3v) is 4.61. The molecule has 1 unspecified atom stereocenters. The average molecular weight is 296 g/mol. The summed E-state index contributed by atoms with van der Waals surface area (Å²) in [4.78, 5) is 6.29. The highest BCUT2D eigenvalue weighted by Crippen LogP contribution is 2.36. The van der Waals surface area contributed by atoms with Gasteiger partial charge in [-0.2, -0.15) is 0 Å². The first-order valence-corrected chi connectivity index (χ1v) is 8.52. The zero-order chi connectivity index (χ0) is 14.8. The summed E-state index contributed by atoms with van der Waals surface area (Å²) in [5.41, 5.74) is 1.34. The van der Waals surface area contributed by atoms with Crippen molar-refractivity contribution in [3.63, 3.8) is 0 Å². The second-order valence-electron chi connectivity index (χ2n) is 7.10. The molecule has 1 aliphatic rings. The van der Waals surface area contributed by atoms with E-state index in [2.05, 4.69) is 39.9 Å². The summed E-state index contributed by atoms with van der Waals surface area (Å²) in [6.45, 7) is 14.1. The van der Waals surface area contributed by atoms with Gasteiger partial charge in [-0.05, 0) is 25.3 Å². The second kappa shape index (κ2) is 6.54. The Hall–Kier alpha value is -0.450. The highest BCUT2D eigenvalue weighted by atomic mass is 32.1. The molecular formula is C16H28N2OS. The topological polar surface area (TPSA) is 34.1 Å². The van der Waals surface area contributed by atoms with E-state index in [1.807, 2.05) is 11.3 Å². The van der Waals surface area contributed by atoms with E-state index in [4.69, 9.17) is 9.72 Å². The van der Waals surface area contributed by atoms with Crippen LogP contribution < -0.4 is 5.32 Å². The van der Waals surface area contributed by atoms with Crippen molar-refractivity contribution < 1.29 is 4.74 Å². The number of hydrogen-bond acceptors (Lipinski definition) is 4. The van der Waals surface area contributed by atoms with E-state index in [0.717, 1.165) is 32.5 Å². The lowest BCUT2D eigenvalue weighted by Gasteiger charge is -2.18. The van der Waals surface area contributed by atoms with E-state index in [9.17, 15) is 0 Å². The van der Waals surface area contributed by atoms with E-state index in [1.54, 1.807) is 0 Å². The van der Waals surface area contributed by atoms with Gasteiger partial charge in [0.15, 0.2) is 0 Å². The second-order valence-corrected chi connectivity index (χ2v) is 8.22. The normalized spacial score (nSPS) is 20.0. The number of hydrogen-bond donors (Lipinski definition) is 1. The van der Waals surface area contributed by atoms with Gasteiger partial charge in [0.05, 0.1) is 5.69 Å². The van der Waals surface area contributed by atoms with E-state index in [1.165, 1.54) is 15.6 Å². The van der Waals surface area contributed by atoms with Gasteiger partial charge in [0.25, 0.3) is 0 Å². The van der Waals surface area contributed by atoms with E-state index < -0.39 is 0 Å². The zero-order valence-electron chi connectivity index (χ0n) is 13.5. The fourth-order valence-corrected chi connectivity index (χ4v) is 3.79. The molecule has 4 heteroatoms. The van der Waals surface area contributed by atoms with Gasteiger partial charge in [0.1, 0.15) is 11.1 Å². The molecule has 0 bridgehead atoms. The molecule has 1 N–H and O–H groups in total. The van der Waals surface area contributed by atoms with Crippen molar-refractivity contribution in [2.24, 2.45) is 5.92 Å². The maximum absolute atomic E-state index is 5.79. The molecule has 3 nitrogen and oxygen atoms in total. The van der Waals surface area contributed by atoms with Crippen molar-refractivity contribution in [1.29, 1.82) is 0 Å². The number of rotatable bonds is 5. The van der Waals surface area contributed by atoms with Crippen molar-refractivity contribution >= 4 is 11.3 Å². The molecule has 0 aromatic carbocycles. The Morgan fingerprint density at radius 2 is 2.15 bits per heavy atom. The highest BCUT2D eigenvalue weighted by Gasteiger charge is 2.27.